The lowest BCUT2D eigenvalue weighted by Gasteiger charge is -2.33. The van der Waals surface area contributed by atoms with Gasteiger partial charge in [0.05, 0.1) is 19.1 Å². The maximum atomic E-state index is 13.4. The number of hydrogen-bond acceptors (Lipinski definition) is 7. The first-order valence-electron chi connectivity index (χ1n) is 9.24. The van der Waals surface area contributed by atoms with Gasteiger partial charge in [0.2, 0.25) is 15.3 Å². The van der Waals surface area contributed by atoms with E-state index in [1.54, 1.807) is 30.3 Å². The smallest absolute Gasteiger partial charge is 0.235 e. The monoisotopic (exact) mass is 414 g/mol. The number of aliphatic hydroxyl groups excluding tert-OH is 1. The van der Waals surface area contributed by atoms with E-state index in [1.165, 1.54) is 31.4 Å². The van der Waals surface area contributed by atoms with Crippen molar-refractivity contribution in [2.75, 3.05) is 19.1 Å². The van der Waals surface area contributed by atoms with Gasteiger partial charge in [-0.05, 0) is 48.6 Å². The Hall–Kier alpha value is -3.00. The van der Waals surface area contributed by atoms with Crippen LogP contribution in [0.4, 0.5) is 5.69 Å². The number of sulfone groups is 1. The zero-order valence-electron chi connectivity index (χ0n) is 16.1. The molecule has 0 saturated heterocycles. The largest absolute Gasteiger partial charge is 0.494 e. The molecule has 4 rings (SSSR count). The summed E-state index contributed by atoms with van der Waals surface area (Å²) >= 11 is 0. The van der Waals surface area contributed by atoms with Crippen LogP contribution in [0, 0.1) is 0 Å². The molecule has 2 aliphatic rings. The molecule has 0 aromatic heterocycles. The van der Waals surface area contributed by atoms with Gasteiger partial charge in [0.25, 0.3) is 0 Å². The summed E-state index contributed by atoms with van der Waals surface area (Å²) < 4.78 is 37.7. The summed E-state index contributed by atoms with van der Waals surface area (Å²) in [7, 11) is -1.02. The molecule has 1 heterocycles. The lowest BCUT2D eigenvalue weighted by molar-refractivity contribution is 0.365. The summed E-state index contributed by atoms with van der Waals surface area (Å²) in [5.74, 6) is 0.961. The van der Waals surface area contributed by atoms with Crippen LogP contribution in [-0.2, 0) is 9.84 Å². The topological polar surface area (TPSA) is 88.4 Å². The number of anilines is 1. The molecule has 1 unspecified atom stereocenters. The van der Waals surface area contributed by atoms with Gasteiger partial charge < -0.3 is 14.6 Å². The highest BCUT2D eigenvalue weighted by molar-refractivity contribution is 7.92. The number of hydrogen-bond donors (Lipinski definition) is 1. The van der Waals surface area contributed by atoms with Crippen LogP contribution < -0.4 is 14.4 Å². The summed E-state index contributed by atoms with van der Waals surface area (Å²) in [6.45, 7) is 0. The summed E-state index contributed by atoms with van der Waals surface area (Å²) in [4.78, 5) is 5.52. The number of methoxy groups -OCH3 is 2. The van der Waals surface area contributed by atoms with Gasteiger partial charge in [-0.25, -0.2) is 8.42 Å². The minimum absolute atomic E-state index is 0.137. The van der Waals surface area contributed by atoms with Crippen LogP contribution in [0.1, 0.15) is 24.3 Å². The Morgan fingerprint density at radius 2 is 1.66 bits per heavy atom. The first kappa shape index (κ1) is 19.3. The molecule has 0 amide bonds. The van der Waals surface area contributed by atoms with E-state index >= 15 is 0 Å². The van der Waals surface area contributed by atoms with Gasteiger partial charge in [-0.3, -0.25) is 9.89 Å². The third-order valence-corrected chi connectivity index (χ3v) is 6.90. The van der Waals surface area contributed by atoms with Crippen LogP contribution in [0.15, 0.2) is 64.3 Å². The SMILES string of the molecule is COc1cccc(OC)c1N1C(O)=CC=NC1S(=O)(=O)c1ccc(C2CC2)cc1. The van der Waals surface area contributed by atoms with Crippen molar-refractivity contribution in [3.8, 4) is 11.5 Å². The van der Waals surface area contributed by atoms with E-state index in [2.05, 4.69) is 4.99 Å². The van der Waals surface area contributed by atoms with Crippen molar-refractivity contribution in [1.82, 2.24) is 0 Å². The van der Waals surface area contributed by atoms with Crippen molar-refractivity contribution >= 4 is 21.7 Å². The van der Waals surface area contributed by atoms with Crippen molar-refractivity contribution < 1.29 is 23.0 Å². The third kappa shape index (κ3) is 3.44. The number of aliphatic hydroxyl groups is 1. The predicted octanol–water partition coefficient (Wildman–Crippen LogP) is 3.63. The highest BCUT2D eigenvalue weighted by Crippen LogP contribution is 2.43. The zero-order chi connectivity index (χ0) is 20.6. The average Bonchev–Trinajstić information content (AvgIpc) is 3.58. The average molecular weight is 414 g/mol. The fourth-order valence-corrected chi connectivity index (χ4v) is 4.90. The van der Waals surface area contributed by atoms with Crippen molar-refractivity contribution in [3.05, 3.63) is 60.0 Å². The molecule has 7 nitrogen and oxygen atoms in total. The summed E-state index contributed by atoms with van der Waals surface area (Å²) in [6, 6.07) is 11.9. The number of ether oxygens (including phenoxy) is 2. The van der Waals surface area contributed by atoms with Gasteiger partial charge >= 0.3 is 0 Å². The fourth-order valence-electron chi connectivity index (χ4n) is 3.42. The van der Waals surface area contributed by atoms with Crippen LogP contribution in [-0.4, -0.2) is 39.5 Å². The minimum atomic E-state index is -3.95. The maximum Gasteiger partial charge on any atom is 0.235 e. The molecule has 1 aliphatic carbocycles. The molecule has 1 aliphatic heterocycles. The summed E-state index contributed by atoms with van der Waals surface area (Å²) in [5, 5.41) is 10.6. The van der Waals surface area contributed by atoms with E-state index in [0.717, 1.165) is 18.4 Å². The maximum absolute atomic E-state index is 13.4. The molecule has 8 heteroatoms. The van der Waals surface area contributed by atoms with E-state index in [4.69, 9.17) is 9.47 Å². The minimum Gasteiger partial charge on any atom is -0.494 e. The summed E-state index contributed by atoms with van der Waals surface area (Å²) in [6.07, 6.45) is 4.89. The Morgan fingerprint density at radius 1 is 1.03 bits per heavy atom. The highest BCUT2D eigenvalue weighted by Gasteiger charge is 2.39. The van der Waals surface area contributed by atoms with Gasteiger partial charge in [-0.2, -0.15) is 0 Å². The van der Waals surface area contributed by atoms with E-state index in [0.29, 0.717) is 17.4 Å². The molecular weight excluding hydrogens is 392 g/mol. The van der Waals surface area contributed by atoms with Crippen LogP contribution in [0.2, 0.25) is 0 Å². The van der Waals surface area contributed by atoms with Crippen LogP contribution in [0.5, 0.6) is 11.5 Å². The molecule has 1 atom stereocenters. The first-order valence-corrected chi connectivity index (χ1v) is 10.8. The molecule has 2 aromatic rings. The molecule has 0 radical (unpaired) electrons. The van der Waals surface area contributed by atoms with Gasteiger partial charge in [0, 0.05) is 12.3 Å². The van der Waals surface area contributed by atoms with Crippen LogP contribution in [0.3, 0.4) is 0 Å². The molecule has 152 valence electrons. The normalized spacial score (nSPS) is 19.0. The Bertz CT molecular complexity index is 1050. The van der Waals surface area contributed by atoms with Crippen LogP contribution >= 0.6 is 0 Å². The molecule has 29 heavy (non-hydrogen) atoms. The van der Waals surface area contributed by atoms with Crippen molar-refractivity contribution in [2.45, 2.75) is 29.2 Å². The van der Waals surface area contributed by atoms with E-state index < -0.39 is 15.3 Å². The summed E-state index contributed by atoms with van der Waals surface area (Å²) in [5.41, 5.74) is 0.0258. The van der Waals surface area contributed by atoms with E-state index in [1.807, 2.05) is 12.1 Å². The first-order chi connectivity index (χ1) is 14.0. The molecule has 2 aromatic carbocycles. The quantitative estimate of drug-likeness (QED) is 0.777. The second-order valence-corrected chi connectivity index (χ2v) is 8.90. The van der Waals surface area contributed by atoms with Crippen molar-refractivity contribution in [1.29, 1.82) is 0 Å². The number of aliphatic imine (C=N–C) groups is 1. The number of rotatable bonds is 6. The van der Waals surface area contributed by atoms with Gasteiger partial charge in [-0.1, -0.05) is 18.2 Å². The van der Waals surface area contributed by atoms with Gasteiger partial charge in [-0.15, -0.1) is 0 Å². The molecule has 1 N–H and O–H groups in total. The molecule has 1 saturated carbocycles. The van der Waals surface area contributed by atoms with E-state index in [-0.39, 0.29) is 16.5 Å². The highest BCUT2D eigenvalue weighted by atomic mass is 32.2. The number of benzene rings is 2. The van der Waals surface area contributed by atoms with Gasteiger partial charge in [0.1, 0.15) is 17.2 Å². The Labute approximate surface area is 169 Å². The number of allylic oxidation sites excluding steroid dienone is 1. The molecule has 0 bridgehead atoms. The third-order valence-electron chi connectivity index (χ3n) is 5.08. The number of nitrogens with zero attached hydrogens (tertiary/aromatic N) is 2. The standard InChI is InChI=1S/C21H22N2O5S/c1-27-17-4-3-5-18(28-2)20(17)23-19(24)12-13-22-21(23)29(25,26)16-10-8-15(9-11-16)14-6-7-14/h3-5,8-14,21,24H,6-7H2,1-2H3. The fraction of sp³-hybridized carbons (Fsp3) is 0.286. The lowest BCUT2D eigenvalue weighted by atomic mass is 10.1. The van der Waals surface area contributed by atoms with Crippen molar-refractivity contribution in [2.24, 2.45) is 4.99 Å². The predicted molar refractivity (Wildman–Crippen MR) is 111 cm³/mol. The Balaban J connectivity index is 1.80. The second-order valence-electron chi connectivity index (χ2n) is 6.92. The molecule has 1 fully saturated rings. The molecular formula is C21H22N2O5S. The van der Waals surface area contributed by atoms with Crippen LogP contribution in [0.25, 0.3) is 0 Å². The Kier molecular flexibility index (Phi) is 4.96. The van der Waals surface area contributed by atoms with E-state index in [9.17, 15) is 13.5 Å². The zero-order valence-corrected chi connectivity index (χ0v) is 17.0. The van der Waals surface area contributed by atoms with Gasteiger partial charge in [0.15, 0.2) is 5.88 Å². The second kappa shape index (κ2) is 7.44. The van der Waals surface area contributed by atoms with Crippen molar-refractivity contribution in [3.63, 3.8) is 0 Å². The number of para-hydroxylation sites is 1. The Morgan fingerprint density at radius 3 is 2.21 bits per heavy atom. The lowest BCUT2D eigenvalue weighted by Crippen LogP contribution is -2.41. The molecule has 0 spiro atoms.